The largest absolute Gasteiger partial charge is 0.399 e. The molecular formula is C38H36N6O6S2. The highest BCUT2D eigenvalue weighted by molar-refractivity contribution is 7.89. The van der Waals surface area contributed by atoms with Crippen molar-refractivity contribution in [2.45, 2.75) is 22.5 Å². The number of nitrogens with zero attached hydrogens (tertiary/aromatic N) is 5. The number of carbonyl (C=O) groups is 1. The van der Waals surface area contributed by atoms with E-state index in [4.69, 9.17) is 9.92 Å². The van der Waals surface area contributed by atoms with E-state index in [0.29, 0.717) is 59.0 Å². The first-order chi connectivity index (χ1) is 25.0. The fourth-order valence-corrected chi connectivity index (χ4v) is 8.93. The zero-order valence-corrected chi connectivity index (χ0v) is 29.9. The number of aromatic nitrogens is 2. The number of piperazine rings is 1. The lowest BCUT2D eigenvalue weighted by Crippen LogP contribution is -2.56. The molecule has 6 aromatic rings. The van der Waals surface area contributed by atoms with Gasteiger partial charge in [-0.1, -0.05) is 60.7 Å². The van der Waals surface area contributed by atoms with Crippen LogP contribution in [0.25, 0.3) is 21.5 Å². The van der Waals surface area contributed by atoms with Gasteiger partial charge in [-0.15, -0.1) is 0 Å². The summed E-state index contributed by atoms with van der Waals surface area (Å²) in [6, 6.07) is 30.1. The number of anilines is 2. The van der Waals surface area contributed by atoms with Gasteiger partial charge < -0.3 is 19.7 Å². The topological polar surface area (TPSA) is 156 Å². The number of benzene rings is 4. The number of hydrogen-bond acceptors (Lipinski definition) is 10. The fourth-order valence-electron chi connectivity index (χ4n) is 6.42. The first-order valence-corrected chi connectivity index (χ1v) is 19.4. The summed E-state index contributed by atoms with van der Waals surface area (Å²) in [4.78, 5) is 26.5. The molecule has 0 radical (unpaired) electrons. The van der Waals surface area contributed by atoms with Crippen LogP contribution >= 0.6 is 0 Å². The summed E-state index contributed by atoms with van der Waals surface area (Å²) in [6.45, 7) is 1.87. The van der Waals surface area contributed by atoms with Crippen molar-refractivity contribution in [1.29, 1.82) is 0 Å². The van der Waals surface area contributed by atoms with E-state index in [-0.39, 0.29) is 28.1 Å². The smallest absolute Gasteiger partial charge is 0.357 e. The standard InChI is InChI=1S/C38H36N6O6S2/c1-42(51(46,47)36-33-8-4-2-6-28(33)18-20-40-36)35(38(45)44-24-22-43(23-25-44)31-14-12-30(39)13-15-31)26-27-10-16-32(17-11-27)50-52(48,49)37-34-9-5-3-7-29(34)19-21-41-37/h2-21,35H,22-26,39H2,1H3/t35-/m0/s1. The molecule has 0 bridgehead atoms. The van der Waals surface area contributed by atoms with Gasteiger partial charge in [-0.3, -0.25) is 4.79 Å². The van der Waals surface area contributed by atoms with Crippen molar-refractivity contribution in [3.63, 3.8) is 0 Å². The van der Waals surface area contributed by atoms with Gasteiger partial charge in [-0.25, -0.2) is 18.4 Å². The number of carbonyl (C=O) groups excluding carboxylic acids is 1. The lowest BCUT2D eigenvalue weighted by molar-refractivity contribution is -0.135. The Kier molecular flexibility index (Phi) is 9.53. The van der Waals surface area contributed by atoms with Crippen molar-refractivity contribution in [2.24, 2.45) is 0 Å². The van der Waals surface area contributed by atoms with Gasteiger partial charge in [0.1, 0.15) is 11.8 Å². The van der Waals surface area contributed by atoms with Gasteiger partial charge in [0.05, 0.1) is 0 Å². The molecule has 52 heavy (non-hydrogen) atoms. The van der Waals surface area contributed by atoms with Gasteiger partial charge >= 0.3 is 10.1 Å². The minimum Gasteiger partial charge on any atom is -0.399 e. The maximum Gasteiger partial charge on any atom is 0.357 e. The highest BCUT2D eigenvalue weighted by Gasteiger charge is 2.38. The third kappa shape index (κ3) is 7.00. The number of nitrogen functional groups attached to an aromatic ring is 1. The molecule has 1 fully saturated rings. The molecule has 12 nitrogen and oxygen atoms in total. The molecule has 1 aliphatic heterocycles. The maximum absolute atomic E-state index is 14.3. The van der Waals surface area contributed by atoms with Gasteiger partial charge in [0.2, 0.25) is 10.9 Å². The van der Waals surface area contributed by atoms with Crippen LogP contribution in [-0.4, -0.2) is 81.2 Å². The minimum absolute atomic E-state index is 0.00934. The van der Waals surface area contributed by atoms with Gasteiger partial charge in [-0.05, 0) is 71.3 Å². The van der Waals surface area contributed by atoms with Crippen LogP contribution in [0.1, 0.15) is 5.56 Å². The van der Waals surface area contributed by atoms with E-state index in [1.165, 1.54) is 31.6 Å². The average molecular weight is 737 g/mol. The third-order valence-corrected chi connectivity index (χ3v) is 12.3. The average Bonchev–Trinajstić information content (AvgIpc) is 3.17. The number of rotatable bonds is 10. The predicted molar refractivity (Wildman–Crippen MR) is 200 cm³/mol. The van der Waals surface area contributed by atoms with Crippen LogP contribution in [0.2, 0.25) is 0 Å². The summed E-state index contributed by atoms with van der Waals surface area (Å²) >= 11 is 0. The fraction of sp³-hybridized carbons (Fsp3) is 0.184. The Morgan fingerprint density at radius 1 is 0.750 bits per heavy atom. The van der Waals surface area contributed by atoms with Crippen LogP contribution in [0.15, 0.2) is 132 Å². The molecule has 1 aliphatic rings. The van der Waals surface area contributed by atoms with E-state index in [1.54, 1.807) is 71.6 Å². The number of fused-ring (bicyclic) bond motifs is 2. The van der Waals surface area contributed by atoms with Crippen molar-refractivity contribution in [1.82, 2.24) is 19.2 Å². The normalized spacial score (nSPS) is 14.5. The molecule has 14 heteroatoms. The van der Waals surface area contributed by atoms with E-state index in [9.17, 15) is 21.6 Å². The van der Waals surface area contributed by atoms with Crippen LogP contribution in [-0.2, 0) is 31.4 Å². The molecule has 0 aliphatic carbocycles. The van der Waals surface area contributed by atoms with Gasteiger partial charge in [-0.2, -0.15) is 12.7 Å². The molecule has 1 amide bonds. The lowest BCUT2D eigenvalue weighted by Gasteiger charge is -2.39. The van der Waals surface area contributed by atoms with Gasteiger partial charge in [0.25, 0.3) is 10.0 Å². The molecule has 7 rings (SSSR count). The second-order valence-electron chi connectivity index (χ2n) is 12.5. The van der Waals surface area contributed by atoms with Crippen LogP contribution in [0.4, 0.5) is 11.4 Å². The number of nitrogens with two attached hydrogens (primary N) is 1. The number of pyridine rings is 2. The van der Waals surface area contributed by atoms with Crippen LogP contribution in [0.3, 0.4) is 0 Å². The Bertz CT molecular complexity index is 2460. The summed E-state index contributed by atoms with van der Waals surface area (Å²) in [5.74, 6) is -0.311. The number of likely N-dealkylation sites (N-methyl/N-ethyl adjacent to an activating group) is 1. The zero-order valence-electron chi connectivity index (χ0n) is 28.2. The molecule has 266 valence electrons. The number of sulfonamides is 1. The third-order valence-electron chi connectivity index (χ3n) is 9.27. The summed E-state index contributed by atoms with van der Waals surface area (Å²) in [6.07, 6.45) is 2.86. The first-order valence-electron chi connectivity index (χ1n) is 16.6. The molecule has 2 N–H and O–H groups in total. The molecule has 1 atom stereocenters. The monoisotopic (exact) mass is 736 g/mol. The van der Waals surface area contributed by atoms with E-state index < -0.39 is 26.2 Å². The molecule has 3 heterocycles. The zero-order chi connectivity index (χ0) is 36.5. The van der Waals surface area contributed by atoms with Crippen molar-refractivity contribution in [3.05, 3.63) is 127 Å². The van der Waals surface area contributed by atoms with Crippen molar-refractivity contribution >= 4 is 59.0 Å². The van der Waals surface area contributed by atoms with E-state index in [1.807, 2.05) is 30.3 Å². The maximum atomic E-state index is 14.3. The van der Waals surface area contributed by atoms with E-state index in [2.05, 4.69) is 14.9 Å². The second-order valence-corrected chi connectivity index (χ2v) is 15.9. The van der Waals surface area contributed by atoms with Crippen molar-refractivity contribution in [2.75, 3.05) is 43.9 Å². The Morgan fingerprint density at radius 3 is 1.92 bits per heavy atom. The summed E-state index contributed by atoms with van der Waals surface area (Å²) in [5, 5.41) is 1.94. The first kappa shape index (κ1) is 34.9. The quantitative estimate of drug-likeness (QED) is 0.154. The molecular weight excluding hydrogens is 701 g/mol. The van der Waals surface area contributed by atoms with Crippen LogP contribution in [0, 0.1) is 0 Å². The molecule has 4 aromatic carbocycles. The highest BCUT2D eigenvalue weighted by Crippen LogP contribution is 2.28. The Labute approximate surface area is 302 Å². The molecule has 0 unspecified atom stereocenters. The van der Waals surface area contributed by atoms with E-state index >= 15 is 0 Å². The van der Waals surface area contributed by atoms with Crippen LogP contribution < -0.4 is 14.8 Å². The number of amides is 1. The summed E-state index contributed by atoms with van der Waals surface area (Å²) in [7, 11) is -7.16. The van der Waals surface area contributed by atoms with Gasteiger partial charge in [0, 0.05) is 67.8 Å². The Balaban J connectivity index is 1.15. The lowest BCUT2D eigenvalue weighted by atomic mass is 10.0. The van der Waals surface area contributed by atoms with Gasteiger partial charge in [0.15, 0.2) is 5.03 Å². The van der Waals surface area contributed by atoms with Crippen molar-refractivity contribution in [3.8, 4) is 5.75 Å². The summed E-state index contributed by atoms with van der Waals surface area (Å²) in [5.41, 5.74) is 8.11. The SMILES string of the molecule is CN([C@@H](Cc1ccc(OS(=O)(=O)c2nccc3ccccc23)cc1)C(=O)N1CCN(c2ccc(N)cc2)CC1)S(=O)(=O)c1nccc2ccccc12. The minimum atomic E-state index is -4.29. The Morgan fingerprint density at radius 2 is 1.31 bits per heavy atom. The van der Waals surface area contributed by atoms with Crippen molar-refractivity contribution < 1.29 is 25.8 Å². The predicted octanol–water partition coefficient (Wildman–Crippen LogP) is 4.71. The highest BCUT2D eigenvalue weighted by atomic mass is 32.2. The molecule has 0 saturated carbocycles. The van der Waals surface area contributed by atoms with E-state index in [0.717, 1.165) is 9.99 Å². The number of hydrogen-bond donors (Lipinski definition) is 1. The molecule has 1 saturated heterocycles. The summed E-state index contributed by atoms with van der Waals surface area (Å²) < 4.78 is 61.6. The molecule has 0 spiro atoms. The molecule has 2 aromatic heterocycles. The van der Waals surface area contributed by atoms with Crippen LogP contribution in [0.5, 0.6) is 5.75 Å². The second kappa shape index (κ2) is 14.2. The Hall–Kier alpha value is -5.57.